The molecule has 0 N–H and O–H groups in total. The summed E-state index contributed by atoms with van der Waals surface area (Å²) < 4.78 is 22.7. The van der Waals surface area contributed by atoms with E-state index in [9.17, 15) is 9.59 Å². The highest BCUT2D eigenvalue weighted by Gasteiger charge is 2.20. The minimum absolute atomic E-state index is 0.0490. The van der Waals surface area contributed by atoms with Gasteiger partial charge in [-0.15, -0.1) is 0 Å². The first-order valence-electron chi connectivity index (χ1n) is 12.9. The molecule has 0 aliphatic carbocycles. The van der Waals surface area contributed by atoms with E-state index in [0.717, 1.165) is 28.8 Å². The summed E-state index contributed by atoms with van der Waals surface area (Å²) in [5.41, 5.74) is 4.64. The zero-order valence-corrected chi connectivity index (χ0v) is 22.2. The Morgan fingerprint density at radius 1 is 0.949 bits per heavy atom. The minimum atomic E-state index is -0.586. The second-order valence-corrected chi connectivity index (χ2v) is 9.67. The van der Waals surface area contributed by atoms with Crippen LogP contribution in [0.5, 0.6) is 11.5 Å². The van der Waals surface area contributed by atoms with Gasteiger partial charge in [-0.2, -0.15) is 0 Å². The van der Waals surface area contributed by atoms with Gasteiger partial charge in [-0.3, -0.25) is 14.6 Å². The van der Waals surface area contributed by atoms with Crippen molar-refractivity contribution < 1.29 is 13.9 Å². The molecule has 5 aromatic rings. The van der Waals surface area contributed by atoms with Crippen LogP contribution in [-0.4, -0.2) is 15.3 Å². The van der Waals surface area contributed by atoms with Gasteiger partial charge in [-0.05, 0) is 60.4 Å². The van der Waals surface area contributed by atoms with Crippen molar-refractivity contribution in [1.29, 1.82) is 0 Å². The molecular formula is C33H29FN2O3. The first kappa shape index (κ1) is 26.0. The van der Waals surface area contributed by atoms with Crippen molar-refractivity contribution in [3.63, 3.8) is 0 Å². The molecule has 0 spiro atoms. The van der Waals surface area contributed by atoms with Crippen LogP contribution in [0.4, 0.5) is 4.39 Å². The Labute approximate surface area is 226 Å². The zero-order chi connectivity index (χ0) is 27.5. The summed E-state index contributed by atoms with van der Waals surface area (Å²) >= 11 is 0. The molecule has 0 bridgehead atoms. The van der Waals surface area contributed by atoms with Gasteiger partial charge in [0.05, 0.1) is 11.1 Å². The maximum absolute atomic E-state index is 15.0. The van der Waals surface area contributed by atoms with Crippen molar-refractivity contribution in [2.45, 2.75) is 33.1 Å². The molecule has 5 nitrogen and oxygen atoms in total. The van der Waals surface area contributed by atoms with Crippen molar-refractivity contribution in [3.05, 3.63) is 135 Å². The Hall–Kier alpha value is -4.58. The topological polar surface area (TPSA) is 61.2 Å². The minimum Gasteiger partial charge on any atom is -0.454 e. The van der Waals surface area contributed by atoms with E-state index in [4.69, 9.17) is 4.74 Å². The van der Waals surface area contributed by atoms with Crippen molar-refractivity contribution in [3.8, 4) is 11.5 Å². The van der Waals surface area contributed by atoms with Crippen LogP contribution in [0.25, 0.3) is 10.9 Å². The van der Waals surface area contributed by atoms with Gasteiger partial charge in [0, 0.05) is 48.9 Å². The summed E-state index contributed by atoms with van der Waals surface area (Å²) in [6.07, 6.45) is 2.96. The average Bonchev–Trinajstić information content (AvgIpc) is 2.94. The number of nitrogens with zero attached hydrogens (tertiary/aromatic N) is 2. The molecule has 2 aromatic heterocycles. The van der Waals surface area contributed by atoms with E-state index in [0.29, 0.717) is 28.8 Å². The van der Waals surface area contributed by atoms with E-state index in [-0.39, 0.29) is 28.9 Å². The summed E-state index contributed by atoms with van der Waals surface area (Å²) in [6, 6.07) is 23.6. The van der Waals surface area contributed by atoms with Crippen molar-refractivity contribution >= 4 is 16.7 Å². The lowest BCUT2D eigenvalue weighted by atomic mass is 9.98. The third-order valence-corrected chi connectivity index (χ3v) is 7.05. The number of fused-ring (bicyclic) bond motifs is 1. The van der Waals surface area contributed by atoms with Crippen molar-refractivity contribution in [2.75, 3.05) is 0 Å². The van der Waals surface area contributed by atoms with Crippen LogP contribution < -0.4 is 10.2 Å². The van der Waals surface area contributed by atoms with Crippen molar-refractivity contribution in [2.24, 2.45) is 7.05 Å². The van der Waals surface area contributed by atoms with E-state index in [1.165, 1.54) is 12.1 Å². The van der Waals surface area contributed by atoms with E-state index < -0.39 is 5.82 Å². The first-order chi connectivity index (χ1) is 18.8. The van der Waals surface area contributed by atoms with Gasteiger partial charge in [0.2, 0.25) is 0 Å². The number of aryl methyl sites for hydroxylation is 2. The molecule has 0 aliphatic heterocycles. The first-order valence-corrected chi connectivity index (χ1v) is 12.9. The molecule has 0 saturated carbocycles. The van der Waals surface area contributed by atoms with Gasteiger partial charge in [0.25, 0.3) is 0 Å². The summed E-state index contributed by atoms with van der Waals surface area (Å²) in [7, 11) is 1.84. The molecule has 0 radical (unpaired) electrons. The predicted molar refractivity (Wildman–Crippen MR) is 151 cm³/mol. The Morgan fingerprint density at radius 3 is 2.46 bits per heavy atom. The Bertz CT molecular complexity index is 1740. The number of ketones is 1. The lowest BCUT2D eigenvalue weighted by molar-refractivity contribution is 0.0990. The quantitative estimate of drug-likeness (QED) is 0.212. The molecule has 5 rings (SSSR count). The summed E-state index contributed by atoms with van der Waals surface area (Å²) in [5.74, 6) is -0.407. The van der Waals surface area contributed by atoms with E-state index >= 15 is 4.39 Å². The Balaban J connectivity index is 1.36. The number of ether oxygens (including phenoxy) is 1. The number of rotatable bonds is 8. The lowest BCUT2D eigenvalue weighted by Crippen LogP contribution is -2.23. The highest BCUT2D eigenvalue weighted by atomic mass is 19.1. The highest BCUT2D eigenvalue weighted by molar-refractivity contribution is 6.01. The van der Waals surface area contributed by atoms with E-state index in [1.54, 1.807) is 31.3 Å². The number of hydrogen-bond acceptors (Lipinski definition) is 4. The number of pyridine rings is 2. The predicted octanol–water partition coefficient (Wildman–Crippen LogP) is 6.75. The molecule has 2 heterocycles. The van der Waals surface area contributed by atoms with Gasteiger partial charge in [-0.1, -0.05) is 49.4 Å². The molecule has 0 aliphatic rings. The fraction of sp³-hybridized carbons (Fsp3) is 0.182. The summed E-state index contributed by atoms with van der Waals surface area (Å²) in [4.78, 5) is 31.0. The second kappa shape index (κ2) is 11.0. The van der Waals surface area contributed by atoms with Crippen LogP contribution >= 0.6 is 0 Å². The third kappa shape index (κ3) is 5.50. The molecule has 0 unspecified atom stereocenters. The second-order valence-electron chi connectivity index (χ2n) is 9.67. The standard InChI is InChI=1S/C33H29FN2O3/c1-4-22-10-12-29-27(17-22)33(38)32(21(2)36(29)3)30(37)19-24-11-13-31(28(34)18-24)39-26-14-15-35-25(20-26)16-23-8-6-5-7-9-23/h5-15,17-18,20H,4,16,19H2,1-3H3. The Kier molecular flexibility index (Phi) is 7.37. The molecule has 39 heavy (non-hydrogen) atoms. The molecule has 0 saturated heterocycles. The van der Waals surface area contributed by atoms with Gasteiger partial charge >= 0.3 is 0 Å². The molecule has 0 atom stereocenters. The van der Waals surface area contributed by atoms with E-state index in [2.05, 4.69) is 4.98 Å². The zero-order valence-electron chi connectivity index (χ0n) is 22.2. The van der Waals surface area contributed by atoms with Gasteiger partial charge < -0.3 is 9.30 Å². The SMILES string of the molecule is CCc1ccc2c(c1)c(=O)c(C(=O)Cc1ccc(Oc3ccnc(Cc4ccccc4)c3)c(F)c1)c(C)n2C. The van der Waals surface area contributed by atoms with Crippen molar-refractivity contribution in [1.82, 2.24) is 9.55 Å². The normalized spacial score (nSPS) is 11.1. The molecule has 196 valence electrons. The maximum atomic E-state index is 15.0. The number of hydrogen-bond donors (Lipinski definition) is 0. The number of halogens is 1. The largest absolute Gasteiger partial charge is 0.454 e. The number of benzene rings is 3. The van der Waals surface area contributed by atoms with Gasteiger partial charge in [0.1, 0.15) is 5.75 Å². The van der Waals surface area contributed by atoms with Gasteiger partial charge in [-0.25, -0.2) is 4.39 Å². The Morgan fingerprint density at radius 2 is 1.72 bits per heavy atom. The van der Waals surface area contributed by atoms with Crippen LogP contribution in [0.15, 0.2) is 89.9 Å². The van der Waals surface area contributed by atoms with Crippen LogP contribution in [0.1, 0.15) is 45.4 Å². The van der Waals surface area contributed by atoms with Crippen LogP contribution in [-0.2, 0) is 26.3 Å². The summed E-state index contributed by atoms with van der Waals surface area (Å²) in [5, 5.41) is 0.518. The number of Topliss-reactive ketones (excluding diaryl/α,β-unsaturated/α-hetero) is 1. The van der Waals surface area contributed by atoms with Crippen LogP contribution in [0, 0.1) is 12.7 Å². The lowest BCUT2D eigenvalue weighted by Gasteiger charge is -2.15. The summed E-state index contributed by atoms with van der Waals surface area (Å²) in [6.45, 7) is 3.78. The number of aromatic nitrogens is 2. The highest BCUT2D eigenvalue weighted by Crippen LogP contribution is 2.27. The molecule has 3 aromatic carbocycles. The van der Waals surface area contributed by atoms with Gasteiger partial charge in [0.15, 0.2) is 22.8 Å². The molecular weight excluding hydrogens is 491 g/mol. The average molecular weight is 521 g/mol. The molecule has 0 amide bonds. The van der Waals surface area contributed by atoms with Crippen LogP contribution in [0.3, 0.4) is 0 Å². The monoisotopic (exact) mass is 520 g/mol. The molecule has 0 fully saturated rings. The smallest absolute Gasteiger partial charge is 0.200 e. The fourth-order valence-electron chi connectivity index (χ4n) is 4.81. The molecule has 6 heteroatoms. The third-order valence-electron chi connectivity index (χ3n) is 7.05. The van der Waals surface area contributed by atoms with E-state index in [1.807, 2.05) is 67.1 Å². The number of carbonyl (C=O) groups is 1. The fourth-order valence-corrected chi connectivity index (χ4v) is 4.81. The maximum Gasteiger partial charge on any atom is 0.200 e. The number of carbonyl (C=O) groups excluding carboxylic acids is 1. The van der Waals surface area contributed by atoms with Crippen LogP contribution in [0.2, 0.25) is 0 Å².